The van der Waals surface area contributed by atoms with E-state index >= 15 is 0 Å². The van der Waals surface area contributed by atoms with Crippen molar-refractivity contribution < 1.29 is 24.7 Å². The van der Waals surface area contributed by atoms with Crippen molar-refractivity contribution >= 4 is 23.3 Å². The van der Waals surface area contributed by atoms with Crippen LogP contribution in [0.25, 0.3) is 0 Å². The van der Waals surface area contributed by atoms with Crippen LogP contribution < -0.4 is 4.90 Å². The van der Waals surface area contributed by atoms with E-state index in [4.69, 9.17) is 0 Å². The Balaban J connectivity index is 2.67. The van der Waals surface area contributed by atoms with Crippen LogP contribution in [0.4, 0.5) is 11.4 Å². The van der Waals surface area contributed by atoms with Crippen LogP contribution in [0.5, 0.6) is 0 Å². The Morgan fingerprint density at radius 2 is 2.00 bits per heavy atom. The Bertz CT molecular complexity index is 643. The number of anilines is 1. The maximum Gasteiger partial charge on any atom is 0.323 e. The number of non-ortho nitro benzene ring substituents is 1. The molecule has 118 valence electrons. The number of carbonyl (C=O) groups is 2. The first-order valence-electron chi connectivity index (χ1n) is 6.76. The van der Waals surface area contributed by atoms with Crippen LogP contribution in [0.3, 0.4) is 0 Å². The van der Waals surface area contributed by atoms with Crippen molar-refractivity contribution in [2.24, 2.45) is 5.41 Å². The van der Waals surface area contributed by atoms with Crippen molar-refractivity contribution in [2.45, 2.75) is 26.3 Å². The first-order chi connectivity index (χ1) is 10.3. The summed E-state index contributed by atoms with van der Waals surface area (Å²) in [6.45, 7) is 3.73. The Hall–Kier alpha value is -2.64. The Kier molecular flexibility index (Phi) is 3.78. The quantitative estimate of drug-likeness (QED) is 0.491. The minimum absolute atomic E-state index is 0.186. The van der Waals surface area contributed by atoms with Gasteiger partial charge in [0.05, 0.1) is 11.0 Å². The molecule has 8 nitrogen and oxygen atoms in total. The summed E-state index contributed by atoms with van der Waals surface area (Å²) in [5.74, 6) is -2.88. The normalized spacial score (nSPS) is 19.4. The molecule has 8 heteroatoms. The van der Waals surface area contributed by atoms with Crippen LogP contribution in [0.1, 0.15) is 19.4 Å². The van der Waals surface area contributed by atoms with E-state index in [0.29, 0.717) is 17.8 Å². The molecule has 1 aliphatic rings. The number of hydrogen-bond acceptors (Lipinski definition) is 5. The van der Waals surface area contributed by atoms with Gasteiger partial charge in [-0.05, 0) is 25.5 Å². The molecule has 0 spiro atoms. The van der Waals surface area contributed by atoms with Crippen LogP contribution in [0, 0.1) is 15.5 Å². The molecule has 0 aromatic heterocycles. The van der Waals surface area contributed by atoms with Gasteiger partial charge in [-0.25, -0.2) is 0 Å². The molecule has 0 amide bonds. The number of aliphatic carboxylic acids is 2. The lowest BCUT2D eigenvalue weighted by Crippen LogP contribution is -2.59. The van der Waals surface area contributed by atoms with Crippen molar-refractivity contribution in [3.63, 3.8) is 0 Å². The van der Waals surface area contributed by atoms with Gasteiger partial charge in [-0.3, -0.25) is 19.7 Å². The largest absolute Gasteiger partial charge is 0.480 e. The van der Waals surface area contributed by atoms with Crippen LogP contribution in [0.15, 0.2) is 18.2 Å². The van der Waals surface area contributed by atoms with E-state index in [9.17, 15) is 29.9 Å². The lowest BCUT2D eigenvalue weighted by Gasteiger charge is -2.45. The lowest BCUT2D eigenvalue weighted by molar-refractivity contribution is -0.384. The number of nitrogens with zero attached hydrogens (tertiary/aromatic N) is 2. The van der Waals surface area contributed by atoms with E-state index < -0.39 is 28.3 Å². The third-order valence-electron chi connectivity index (χ3n) is 4.34. The standard InChI is InChI=1S/C14H16N2O6/c1-3-15-8(2)14(12(17)18,13(19)20)7-9-6-10(16(21)22)4-5-11(9)15/h4-6,8H,3,7H2,1-2H3,(H,17,18)(H,19,20)/t8-/m0/s1. The summed E-state index contributed by atoms with van der Waals surface area (Å²) in [5.41, 5.74) is -1.22. The molecule has 0 saturated carbocycles. The monoisotopic (exact) mass is 308 g/mol. The number of nitro groups is 1. The molecular formula is C14H16N2O6. The van der Waals surface area contributed by atoms with Gasteiger partial charge in [0.15, 0.2) is 5.41 Å². The van der Waals surface area contributed by atoms with E-state index in [1.807, 2.05) is 0 Å². The average molecular weight is 308 g/mol. The number of carboxylic acids is 2. The molecular weight excluding hydrogens is 292 g/mol. The third kappa shape index (κ3) is 2.07. The van der Waals surface area contributed by atoms with Crippen LogP contribution in [-0.2, 0) is 16.0 Å². The number of nitro benzene ring substituents is 1. The highest BCUT2D eigenvalue weighted by atomic mass is 16.6. The Morgan fingerprint density at radius 1 is 1.41 bits per heavy atom. The highest BCUT2D eigenvalue weighted by Crippen LogP contribution is 2.43. The van der Waals surface area contributed by atoms with Crippen LogP contribution >= 0.6 is 0 Å². The molecule has 0 bridgehead atoms. The highest BCUT2D eigenvalue weighted by Gasteiger charge is 2.56. The fourth-order valence-electron chi connectivity index (χ4n) is 3.07. The SMILES string of the molecule is CCN1c2ccc([N+](=O)[O-])cc2CC(C(=O)O)(C(=O)O)[C@@H]1C. The third-order valence-corrected chi connectivity index (χ3v) is 4.34. The minimum Gasteiger partial charge on any atom is -0.480 e. The van der Waals surface area contributed by atoms with Crippen molar-refractivity contribution in [3.05, 3.63) is 33.9 Å². The van der Waals surface area contributed by atoms with E-state index in [2.05, 4.69) is 0 Å². The summed E-state index contributed by atoms with van der Waals surface area (Å²) >= 11 is 0. The molecule has 2 N–H and O–H groups in total. The maximum absolute atomic E-state index is 11.7. The van der Waals surface area contributed by atoms with Crippen molar-refractivity contribution in [3.8, 4) is 0 Å². The highest BCUT2D eigenvalue weighted by molar-refractivity contribution is 6.01. The van der Waals surface area contributed by atoms with Gasteiger partial charge in [-0.2, -0.15) is 0 Å². The molecule has 0 saturated heterocycles. The summed E-state index contributed by atoms with van der Waals surface area (Å²) < 4.78 is 0. The van der Waals surface area contributed by atoms with Crippen molar-refractivity contribution in [1.82, 2.24) is 0 Å². The van der Waals surface area contributed by atoms with Gasteiger partial charge in [0, 0.05) is 30.8 Å². The number of rotatable bonds is 4. The van der Waals surface area contributed by atoms with Gasteiger partial charge >= 0.3 is 11.9 Å². The first-order valence-corrected chi connectivity index (χ1v) is 6.76. The zero-order valence-electron chi connectivity index (χ0n) is 12.1. The lowest BCUT2D eigenvalue weighted by atomic mass is 9.71. The zero-order valence-corrected chi connectivity index (χ0v) is 12.1. The second kappa shape index (κ2) is 5.28. The summed E-state index contributed by atoms with van der Waals surface area (Å²) in [4.78, 5) is 35.3. The molecule has 2 rings (SSSR count). The molecule has 1 aromatic rings. The summed E-state index contributed by atoms with van der Waals surface area (Å²) in [7, 11) is 0. The molecule has 0 aliphatic carbocycles. The molecule has 1 atom stereocenters. The topological polar surface area (TPSA) is 121 Å². The van der Waals surface area contributed by atoms with Gasteiger partial charge in [-0.15, -0.1) is 0 Å². The predicted molar refractivity (Wildman–Crippen MR) is 77.0 cm³/mol. The van der Waals surface area contributed by atoms with E-state index in [-0.39, 0.29) is 12.1 Å². The number of carboxylic acid groups (broad SMARTS) is 2. The van der Waals surface area contributed by atoms with E-state index in [1.54, 1.807) is 24.8 Å². The van der Waals surface area contributed by atoms with Crippen molar-refractivity contribution in [2.75, 3.05) is 11.4 Å². The molecule has 1 aliphatic heterocycles. The maximum atomic E-state index is 11.7. The van der Waals surface area contributed by atoms with Gasteiger partial charge < -0.3 is 15.1 Å². The summed E-state index contributed by atoms with van der Waals surface area (Å²) in [5, 5.41) is 29.9. The molecule has 22 heavy (non-hydrogen) atoms. The average Bonchev–Trinajstić information content (AvgIpc) is 2.45. The first kappa shape index (κ1) is 15.7. The minimum atomic E-state index is -2.03. The second-order valence-electron chi connectivity index (χ2n) is 5.29. The van der Waals surface area contributed by atoms with Gasteiger partial charge in [0.25, 0.3) is 5.69 Å². The Morgan fingerprint density at radius 3 is 2.45 bits per heavy atom. The summed E-state index contributed by atoms with van der Waals surface area (Å²) in [6, 6.07) is 3.36. The smallest absolute Gasteiger partial charge is 0.323 e. The molecule has 0 unspecified atom stereocenters. The van der Waals surface area contributed by atoms with Gasteiger partial charge in [0.1, 0.15) is 0 Å². The molecule has 1 aromatic carbocycles. The summed E-state index contributed by atoms with van der Waals surface area (Å²) in [6.07, 6.45) is -0.285. The molecule has 0 radical (unpaired) electrons. The predicted octanol–water partition coefficient (Wildman–Crippen LogP) is 1.52. The fraction of sp³-hybridized carbons (Fsp3) is 0.429. The van der Waals surface area contributed by atoms with Crippen LogP contribution in [-0.4, -0.2) is 39.7 Å². The number of fused-ring (bicyclic) bond motifs is 1. The number of benzene rings is 1. The Labute approximate surface area is 126 Å². The molecule has 1 heterocycles. The van der Waals surface area contributed by atoms with Gasteiger partial charge in [0.2, 0.25) is 0 Å². The van der Waals surface area contributed by atoms with E-state index in [0.717, 1.165) is 0 Å². The van der Waals surface area contributed by atoms with Crippen molar-refractivity contribution in [1.29, 1.82) is 0 Å². The molecule has 0 fully saturated rings. The van der Waals surface area contributed by atoms with Gasteiger partial charge in [-0.1, -0.05) is 0 Å². The fourth-order valence-corrected chi connectivity index (χ4v) is 3.07. The zero-order chi connectivity index (χ0) is 16.7. The van der Waals surface area contributed by atoms with Crippen LogP contribution in [0.2, 0.25) is 0 Å². The number of hydrogen-bond donors (Lipinski definition) is 2. The second-order valence-corrected chi connectivity index (χ2v) is 5.29. The van der Waals surface area contributed by atoms with E-state index in [1.165, 1.54) is 12.1 Å².